The van der Waals surface area contributed by atoms with Gasteiger partial charge in [-0.25, -0.2) is 9.78 Å². The van der Waals surface area contributed by atoms with Crippen molar-refractivity contribution in [3.8, 4) is 5.88 Å². The van der Waals surface area contributed by atoms with Crippen molar-refractivity contribution in [1.82, 2.24) is 20.5 Å². The summed E-state index contributed by atoms with van der Waals surface area (Å²) in [5, 5.41) is 23.0. The van der Waals surface area contributed by atoms with Crippen LogP contribution in [0.2, 0.25) is 0 Å². The van der Waals surface area contributed by atoms with Gasteiger partial charge in [0.05, 0.1) is 19.1 Å². The molecule has 10 nitrogen and oxygen atoms in total. The van der Waals surface area contributed by atoms with Gasteiger partial charge in [-0.3, -0.25) is 9.89 Å². The summed E-state index contributed by atoms with van der Waals surface area (Å²) in [6, 6.07) is 5.39. The Morgan fingerprint density at radius 1 is 1.24 bits per heavy atom. The topological polar surface area (TPSA) is 138 Å². The first-order valence-corrected chi connectivity index (χ1v) is 11.8. The zero-order valence-electron chi connectivity index (χ0n) is 19.7. The van der Waals surface area contributed by atoms with Crippen LogP contribution in [0.1, 0.15) is 69.0 Å². The van der Waals surface area contributed by atoms with E-state index in [1.54, 1.807) is 18.3 Å². The van der Waals surface area contributed by atoms with Crippen LogP contribution >= 0.6 is 0 Å². The van der Waals surface area contributed by atoms with E-state index in [2.05, 4.69) is 25.8 Å². The molecular formula is C24H33N5O5. The van der Waals surface area contributed by atoms with Gasteiger partial charge in [-0.1, -0.05) is 0 Å². The van der Waals surface area contributed by atoms with Crippen molar-refractivity contribution in [3.05, 3.63) is 35.7 Å². The monoisotopic (exact) mass is 471 g/mol. The van der Waals surface area contributed by atoms with E-state index in [0.29, 0.717) is 31.0 Å². The standard InChI is InChI=1S/C24H33N5O5/c1-24(32)8-5-17(6-9-24)26-23(31)34-18-4-3-16(13-18)19-14-20(29-28-19)27-21(30)11-15-7-10-25-22(12-15)33-2/h7,10,12,14,16-18,32H,3-6,8-9,11,13H2,1-2H3,(H,26,31)(H2,27,28,29,30)/t16-,17-,18+,24-/m1/s1. The highest BCUT2D eigenvalue weighted by atomic mass is 16.6. The van der Waals surface area contributed by atoms with Crippen molar-refractivity contribution in [1.29, 1.82) is 0 Å². The van der Waals surface area contributed by atoms with E-state index >= 15 is 0 Å². The van der Waals surface area contributed by atoms with Crippen molar-refractivity contribution in [2.45, 2.75) is 82.0 Å². The van der Waals surface area contributed by atoms with E-state index in [1.165, 1.54) is 7.11 Å². The number of anilines is 1. The molecule has 0 bridgehead atoms. The average molecular weight is 472 g/mol. The molecule has 0 radical (unpaired) electrons. The second-order valence-corrected chi connectivity index (χ2v) is 9.59. The molecule has 34 heavy (non-hydrogen) atoms. The van der Waals surface area contributed by atoms with E-state index in [1.807, 2.05) is 13.0 Å². The molecule has 4 rings (SSSR count). The third kappa shape index (κ3) is 6.47. The number of rotatable bonds is 7. The van der Waals surface area contributed by atoms with Gasteiger partial charge >= 0.3 is 6.09 Å². The number of ether oxygens (including phenoxy) is 2. The Hall–Kier alpha value is -3.14. The lowest BCUT2D eigenvalue weighted by Gasteiger charge is -2.33. The smallest absolute Gasteiger partial charge is 0.407 e. The fourth-order valence-electron chi connectivity index (χ4n) is 4.72. The molecule has 2 saturated carbocycles. The van der Waals surface area contributed by atoms with Crippen LogP contribution in [0.5, 0.6) is 5.88 Å². The minimum Gasteiger partial charge on any atom is -0.481 e. The molecule has 0 spiro atoms. The Bertz CT molecular complexity index is 997. The Labute approximate surface area is 198 Å². The van der Waals surface area contributed by atoms with Crippen LogP contribution in [-0.4, -0.2) is 57.1 Å². The fourth-order valence-corrected chi connectivity index (χ4v) is 4.72. The summed E-state index contributed by atoms with van der Waals surface area (Å²) in [6.45, 7) is 1.84. The van der Waals surface area contributed by atoms with Crippen LogP contribution < -0.4 is 15.4 Å². The van der Waals surface area contributed by atoms with Gasteiger partial charge in [0.1, 0.15) is 6.10 Å². The van der Waals surface area contributed by atoms with Gasteiger partial charge in [-0.2, -0.15) is 5.10 Å². The maximum absolute atomic E-state index is 12.4. The zero-order chi connectivity index (χ0) is 24.1. The minimum absolute atomic E-state index is 0.0527. The number of carbonyl (C=O) groups excluding carboxylic acids is 2. The van der Waals surface area contributed by atoms with Gasteiger partial charge in [0.15, 0.2) is 5.82 Å². The summed E-state index contributed by atoms with van der Waals surface area (Å²) in [5.41, 5.74) is 1.09. The van der Waals surface area contributed by atoms with Crippen LogP contribution in [0.4, 0.5) is 10.6 Å². The van der Waals surface area contributed by atoms with Crippen molar-refractivity contribution >= 4 is 17.8 Å². The third-order valence-corrected chi connectivity index (χ3v) is 6.72. The van der Waals surface area contributed by atoms with E-state index in [4.69, 9.17) is 9.47 Å². The molecule has 2 heterocycles. The number of H-pyrrole nitrogens is 1. The first kappa shape index (κ1) is 24.0. The summed E-state index contributed by atoms with van der Waals surface area (Å²) >= 11 is 0. The molecule has 2 aromatic rings. The molecule has 184 valence electrons. The molecule has 2 fully saturated rings. The number of aliphatic hydroxyl groups is 1. The Balaban J connectivity index is 1.22. The van der Waals surface area contributed by atoms with E-state index < -0.39 is 5.60 Å². The number of aromatic amines is 1. The number of carbonyl (C=O) groups is 2. The second-order valence-electron chi connectivity index (χ2n) is 9.59. The van der Waals surface area contributed by atoms with E-state index in [-0.39, 0.29) is 36.5 Å². The predicted molar refractivity (Wildman–Crippen MR) is 125 cm³/mol. The molecule has 0 unspecified atom stereocenters. The maximum atomic E-state index is 12.4. The third-order valence-electron chi connectivity index (χ3n) is 6.72. The van der Waals surface area contributed by atoms with Crippen LogP contribution in [0.25, 0.3) is 0 Å². The number of nitrogens with zero attached hydrogens (tertiary/aromatic N) is 2. The van der Waals surface area contributed by atoms with Gasteiger partial charge in [-0.05, 0) is 63.5 Å². The van der Waals surface area contributed by atoms with Gasteiger partial charge in [0, 0.05) is 36.0 Å². The first-order valence-electron chi connectivity index (χ1n) is 11.8. The van der Waals surface area contributed by atoms with Gasteiger partial charge in [0.2, 0.25) is 11.8 Å². The lowest BCUT2D eigenvalue weighted by atomic mass is 9.84. The largest absolute Gasteiger partial charge is 0.481 e. The average Bonchev–Trinajstić information content (AvgIpc) is 3.45. The van der Waals surface area contributed by atoms with Gasteiger partial charge in [-0.15, -0.1) is 0 Å². The lowest BCUT2D eigenvalue weighted by molar-refractivity contribution is -0.115. The van der Waals surface area contributed by atoms with Crippen LogP contribution in [0.15, 0.2) is 24.4 Å². The number of methoxy groups -OCH3 is 1. The number of amides is 2. The lowest BCUT2D eigenvalue weighted by Crippen LogP contribution is -2.43. The van der Waals surface area contributed by atoms with E-state index in [0.717, 1.165) is 36.9 Å². The highest BCUT2D eigenvalue weighted by molar-refractivity contribution is 5.91. The summed E-state index contributed by atoms with van der Waals surface area (Å²) in [7, 11) is 1.53. The highest BCUT2D eigenvalue weighted by Crippen LogP contribution is 2.36. The Morgan fingerprint density at radius 2 is 2.03 bits per heavy atom. The van der Waals surface area contributed by atoms with Crippen molar-refractivity contribution in [2.24, 2.45) is 0 Å². The summed E-state index contributed by atoms with van der Waals surface area (Å²) < 4.78 is 10.7. The Kier molecular flexibility index (Phi) is 7.35. The normalized spacial score (nSPS) is 26.6. The first-order chi connectivity index (χ1) is 16.3. The van der Waals surface area contributed by atoms with Crippen molar-refractivity contribution < 1.29 is 24.2 Å². The summed E-state index contributed by atoms with van der Waals surface area (Å²) in [6.07, 6.45) is 6.48. The van der Waals surface area contributed by atoms with Crippen molar-refractivity contribution in [3.63, 3.8) is 0 Å². The number of aromatic nitrogens is 3. The maximum Gasteiger partial charge on any atom is 0.407 e. The SMILES string of the molecule is COc1cc(CC(=O)Nc2cc([C@@H]3CC[C@H](OC(=O)N[C@H]4CC[C@](C)(O)CC4)C3)[nH]n2)ccn1. The molecule has 2 aromatic heterocycles. The Morgan fingerprint density at radius 3 is 2.79 bits per heavy atom. The molecule has 2 aliphatic carbocycles. The summed E-state index contributed by atoms with van der Waals surface area (Å²) in [5.74, 6) is 0.937. The summed E-state index contributed by atoms with van der Waals surface area (Å²) in [4.78, 5) is 28.7. The molecular weight excluding hydrogens is 438 g/mol. The molecule has 2 aliphatic rings. The van der Waals surface area contributed by atoms with Crippen LogP contribution in [-0.2, 0) is 16.0 Å². The number of hydrogen-bond donors (Lipinski definition) is 4. The molecule has 0 aliphatic heterocycles. The van der Waals surface area contributed by atoms with Crippen molar-refractivity contribution in [2.75, 3.05) is 12.4 Å². The molecule has 2 amide bonds. The molecule has 2 atom stereocenters. The quantitative estimate of drug-likeness (QED) is 0.487. The second kappa shape index (κ2) is 10.4. The van der Waals surface area contributed by atoms with Crippen LogP contribution in [0.3, 0.4) is 0 Å². The molecule has 0 aromatic carbocycles. The van der Waals surface area contributed by atoms with E-state index in [9.17, 15) is 14.7 Å². The van der Waals surface area contributed by atoms with Gasteiger partial charge < -0.3 is 25.2 Å². The van der Waals surface area contributed by atoms with Crippen LogP contribution in [0, 0.1) is 0 Å². The fraction of sp³-hybridized carbons (Fsp3) is 0.583. The number of pyridine rings is 1. The zero-order valence-corrected chi connectivity index (χ0v) is 19.7. The van der Waals surface area contributed by atoms with Gasteiger partial charge in [0.25, 0.3) is 0 Å². The molecule has 0 saturated heterocycles. The number of alkyl carbamates (subject to hydrolysis) is 1. The molecule has 10 heteroatoms. The number of nitrogens with one attached hydrogen (secondary N) is 3. The highest BCUT2D eigenvalue weighted by Gasteiger charge is 2.32. The minimum atomic E-state index is -0.629. The number of hydrogen-bond acceptors (Lipinski definition) is 7. The molecule has 4 N–H and O–H groups in total. The predicted octanol–water partition coefficient (Wildman–Crippen LogP) is 3.05.